The topological polar surface area (TPSA) is 36.9 Å². The Bertz CT molecular complexity index is 294. The molecule has 0 amide bonds. The van der Waals surface area contributed by atoms with Crippen molar-refractivity contribution in [3.05, 3.63) is 0 Å². The standard InChI is InChI=1S/C9H15F7O4S/c1-17-21(18-2,19-3)6-4-5-20-7(10,8(11,12)13)9(14,15)16/h4-6H2,1-3H3. The van der Waals surface area contributed by atoms with Crippen LogP contribution in [-0.2, 0) is 17.3 Å². The van der Waals surface area contributed by atoms with Gasteiger partial charge in [-0.3, -0.25) is 12.5 Å². The van der Waals surface area contributed by atoms with Crippen LogP contribution < -0.4 is 0 Å². The van der Waals surface area contributed by atoms with E-state index in [-0.39, 0.29) is 5.75 Å². The predicted octanol–water partition coefficient (Wildman–Crippen LogP) is 3.67. The third-order valence-corrected chi connectivity index (χ3v) is 4.64. The van der Waals surface area contributed by atoms with Crippen LogP contribution in [0, 0.1) is 0 Å². The lowest BCUT2D eigenvalue weighted by Gasteiger charge is -2.34. The van der Waals surface area contributed by atoms with Crippen LogP contribution in [0.4, 0.5) is 30.7 Å². The molecule has 0 aliphatic rings. The fourth-order valence-electron chi connectivity index (χ4n) is 1.23. The Hall–Kier alpha value is -0.300. The van der Waals surface area contributed by atoms with Crippen LogP contribution in [0.2, 0.25) is 0 Å². The summed E-state index contributed by atoms with van der Waals surface area (Å²) in [4.78, 5) is 0. The molecule has 0 bridgehead atoms. The van der Waals surface area contributed by atoms with Crippen molar-refractivity contribution in [1.29, 1.82) is 0 Å². The highest BCUT2D eigenvalue weighted by atomic mass is 32.3. The second-order valence-electron chi connectivity index (χ2n) is 3.55. The van der Waals surface area contributed by atoms with E-state index in [2.05, 4.69) is 4.74 Å². The maximum Gasteiger partial charge on any atom is 0.458 e. The van der Waals surface area contributed by atoms with Crippen molar-refractivity contribution in [2.24, 2.45) is 0 Å². The van der Waals surface area contributed by atoms with Crippen LogP contribution in [0.25, 0.3) is 0 Å². The molecule has 21 heavy (non-hydrogen) atoms. The fraction of sp³-hybridized carbons (Fsp3) is 1.00. The SMILES string of the molecule is COS(CCCOC(F)(C(F)(F)F)C(F)(F)F)(OC)OC. The largest absolute Gasteiger partial charge is 0.458 e. The summed E-state index contributed by atoms with van der Waals surface area (Å²) in [6.45, 7) is -1.15. The van der Waals surface area contributed by atoms with E-state index in [1.165, 1.54) is 21.3 Å². The van der Waals surface area contributed by atoms with Crippen molar-refractivity contribution in [2.75, 3.05) is 33.7 Å². The average Bonchev–Trinajstić information content (AvgIpc) is 2.37. The molecule has 0 N–H and O–H groups in total. The van der Waals surface area contributed by atoms with Crippen molar-refractivity contribution in [3.63, 3.8) is 0 Å². The van der Waals surface area contributed by atoms with Crippen LogP contribution in [-0.4, -0.2) is 51.9 Å². The minimum atomic E-state index is -6.24. The van der Waals surface area contributed by atoms with Crippen LogP contribution >= 0.6 is 10.9 Å². The first-order valence-electron chi connectivity index (χ1n) is 5.33. The third-order valence-electron chi connectivity index (χ3n) is 2.33. The Morgan fingerprint density at radius 1 is 0.762 bits per heavy atom. The first-order chi connectivity index (χ1) is 9.39. The van der Waals surface area contributed by atoms with E-state index in [1.54, 1.807) is 0 Å². The lowest BCUT2D eigenvalue weighted by molar-refractivity contribution is -0.429. The monoisotopic (exact) mass is 352 g/mol. The number of alkyl halides is 7. The van der Waals surface area contributed by atoms with Gasteiger partial charge in [0.1, 0.15) is 0 Å². The molecule has 0 aromatic heterocycles. The minimum absolute atomic E-state index is 0.192. The van der Waals surface area contributed by atoms with Crippen LogP contribution in [0.1, 0.15) is 6.42 Å². The number of hydrogen-bond donors (Lipinski definition) is 0. The highest BCUT2D eigenvalue weighted by Gasteiger charge is 2.74. The van der Waals surface area contributed by atoms with Gasteiger partial charge in [0.25, 0.3) is 0 Å². The Balaban J connectivity index is 4.69. The van der Waals surface area contributed by atoms with E-state index in [1.807, 2.05) is 0 Å². The van der Waals surface area contributed by atoms with Crippen molar-refractivity contribution in [1.82, 2.24) is 0 Å². The molecule has 0 heterocycles. The number of halogens is 7. The summed E-state index contributed by atoms with van der Waals surface area (Å²) in [6.07, 6.45) is -12.9. The molecule has 4 nitrogen and oxygen atoms in total. The summed E-state index contributed by atoms with van der Waals surface area (Å²) in [5, 5.41) is 0. The zero-order chi connectivity index (χ0) is 16.9. The van der Waals surface area contributed by atoms with Crippen molar-refractivity contribution in [2.45, 2.75) is 24.6 Å². The first-order valence-corrected chi connectivity index (χ1v) is 6.91. The lowest BCUT2D eigenvalue weighted by Crippen LogP contribution is -2.55. The average molecular weight is 352 g/mol. The summed E-state index contributed by atoms with van der Waals surface area (Å²) < 4.78 is 104. The van der Waals surface area contributed by atoms with Gasteiger partial charge in [0.05, 0.1) is 38.8 Å². The van der Waals surface area contributed by atoms with E-state index in [9.17, 15) is 30.7 Å². The van der Waals surface area contributed by atoms with E-state index >= 15 is 0 Å². The highest BCUT2D eigenvalue weighted by Crippen LogP contribution is 2.50. The second-order valence-corrected chi connectivity index (χ2v) is 6.08. The van der Waals surface area contributed by atoms with Gasteiger partial charge in [-0.1, -0.05) is 0 Å². The van der Waals surface area contributed by atoms with Crippen molar-refractivity contribution >= 4 is 10.9 Å². The van der Waals surface area contributed by atoms with E-state index in [4.69, 9.17) is 12.5 Å². The molecule has 0 aliphatic carbocycles. The predicted molar refractivity (Wildman–Crippen MR) is 60.0 cm³/mol. The molecule has 0 unspecified atom stereocenters. The second kappa shape index (κ2) is 7.31. The number of rotatable bonds is 8. The molecule has 0 spiro atoms. The van der Waals surface area contributed by atoms with Gasteiger partial charge in [-0.05, 0) is 6.42 Å². The van der Waals surface area contributed by atoms with Gasteiger partial charge in [-0.15, -0.1) is 0 Å². The van der Waals surface area contributed by atoms with E-state index < -0.39 is 42.1 Å². The van der Waals surface area contributed by atoms with Crippen molar-refractivity contribution in [3.8, 4) is 0 Å². The van der Waals surface area contributed by atoms with Gasteiger partial charge in [-0.25, -0.2) is 0 Å². The van der Waals surface area contributed by atoms with Crippen molar-refractivity contribution < 1.29 is 48.0 Å². The smallest absolute Gasteiger partial charge is 0.332 e. The van der Waals surface area contributed by atoms with Crippen LogP contribution in [0.15, 0.2) is 0 Å². The van der Waals surface area contributed by atoms with E-state index in [0.29, 0.717) is 0 Å². The normalized spacial score (nSPS) is 15.3. The summed E-state index contributed by atoms with van der Waals surface area (Å²) in [5.41, 5.74) is 0. The van der Waals surface area contributed by atoms with Crippen LogP contribution in [0.3, 0.4) is 0 Å². The Labute approximate surface area is 118 Å². The van der Waals surface area contributed by atoms with Gasteiger partial charge in [0.15, 0.2) is 0 Å². The molecule has 0 saturated carbocycles. The Morgan fingerprint density at radius 3 is 1.43 bits per heavy atom. The number of ether oxygens (including phenoxy) is 1. The maximum atomic E-state index is 13.1. The molecule has 0 aromatic rings. The maximum absolute atomic E-state index is 13.1. The zero-order valence-corrected chi connectivity index (χ0v) is 12.1. The Morgan fingerprint density at radius 2 is 1.14 bits per heavy atom. The molecule has 12 heteroatoms. The molecule has 0 fully saturated rings. The van der Waals surface area contributed by atoms with Gasteiger partial charge in [0, 0.05) is 5.75 Å². The summed E-state index contributed by atoms with van der Waals surface area (Å²) in [6, 6.07) is 0. The summed E-state index contributed by atoms with van der Waals surface area (Å²) in [5.74, 6) is -5.91. The summed E-state index contributed by atoms with van der Waals surface area (Å²) in [7, 11) is 1.00. The molecule has 0 aromatic carbocycles. The first kappa shape index (κ1) is 20.7. The molecule has 0 aliphatic heterocycles. The minimum Gasteiger partial charge on any atom is -0.332 e. The molecule has 130 valence electrons. The van der Waals surface area contributed by atoms with Gasteiger partial charge in [-0.2, -0.15) is 30.7 Å². The number of hydrogen-bond acceptors (Lipinski definition) is 4. The molecular formula is C9H15F7O4S. The lowest BCUT2D eigenvalue weighted by atomic mass is 10.3. The molecule has 0 atom stereocenters. The zero-order valence-electron chi connectivity index (χ0n) is 11.3. The Kier molecular flexibility index (Phi) is 7.20. The van der Waals surface area contributed by atoms with Gasteiger partial charge in [0.2, 0.25) is 0 Å². The highest BCUT2D eigenvalue weighted by molar-refractivity contribution is 8.21. The molecule has 0 rings (SSSR count). The quantitative estimate of drug-likeness (QED) is 0.493. The molecule has 0 saturated heterocycles. The van der Waals surface area contributed by atoms with Gasteiger partial charge >= 0.3 is 18.2 Å². The molecular weight excluding hydrogens is 337 g/mol. The van der Waals surface area contributed by atoms with E-state index in [0.717, 1.165) is 0 Å². The fourth-order valence-corrected chi connectivity index (χ4v) is 2.61. The molecule has 0 radical (unpaired) electrons. The van der Waals surface area contributed by atoms with Crippen LogP contribution in [0.5, 0.6) is 0 Å². The summed E-state index contributed by atoms with van der Waals surface area (Å²) >= 11 is 0. The third kappa shape index (κ3) is 4.84. The van der Waals surface area contributed by atoms with Gasteiger partial charge < -0.3 is 4.74 Å².